The largest absolute Gasteiger partial charge is 0.451 e. The molecule has 1 spiro atoms. The number of halogens is 1. The van der Waals surface area contributed by atoms with E-state index in [2.05, 4.69) is 20.2 Å². The summed E-state index contributed by atoms with van der Waals surface area (Å²) in [5, 5.41) is 3.42. The standard InChI is InChI=1S/C22H28FN5O2/c1-4-28(15(2)3)21(29)17-9-16(23)5-6-18(17)30-19-10-25-14-26-20(19)27-12-22(13-27)7-8-24-11-22/h5-6,9-10,14-15,24H,4,7-8,11-13H2,1-3H3. The highest BCUT2D eigenvalue weighted by atomic mass is 19.1. The van der Waals surface area contributed by atoms with Crippen molar-refractivity contribution < 1.29 is 13.9 Å². The second kappa shape index (κ2) is 8.18. The number of hydrogen-bond acceptors (Lipinski definition) is 6. The number of carbonyl (C=O) groups excluding carboxylic acids is 1. The summed E-state index contributed by atoms with van der Waals surface area (Å²) < 4.78 is 20.1. The van der Waals surface area contributed by atoms with Crippen LogP contribution in [0, 0.1) is 11.2 Å². The topological polar surface area (TPSA) is 70.6 Å². The van der Waals surface area contributed by atoms with Crippen LogP contribution < -0.4 is 15.0 Å². The SMILES string of the molecule is CCN(C(=O)c1cc(F)ccc1Oc1cncnc1N1CC2(CCNC2)C1)C(C)C. The van der Waals surface area contributed by atoms with Gasteiger partial charge in [-0.1, -0.05) is 0 Å². The van der Waals surface area contributed by atoms with E-state index in [0.29, 0.717) is 29.3 Å². The van der Waals surface area contributed by atoms with Crippen molar-refractivity contribution in [3.63, 3.8) is 0 Å². The quantitative estimate of drug-likeness (QED) is 0.785. The van der Waals surface area contributed by atoms with Crippen molar-refractivity contribution in [3.05, 3.63) is 42.1 Å². The van der Waals surface area contributed by atoms with Crippen LogP contribution in [0.1, 0.15) is 37.6 Å². The molecule has 3 heterocycles. The number of hydrogen-bond donors (Lipinski definition) is 1. The molecule has 0 atom stereocenters. The molecule has 1 amide bonds. The second-order valence-electron chi connectivity index (χ2n) is 8.42. The molecule has 160 valence electrons. The molecule has 2 aliphatic heterocycles. The van der Waals surface area contributed by atoms with Gasteiger partial charge in [0.2, 0.25) is 0 Å². The van der Waals surface area contributed by atoms with Crippen molar-refractivity contribution in [1.29, 1.82) is 0 Å². The number of rotatable bonds is 6. The summed E-state index contributed by atoms with van der Waals surface area (Å²) in [6.07, 6.45) is 4.25. The van der Waals surface area contributed by atoms with Crippen LogP contribution in [0.15, 0.2) is 30.7 Å². The van der Waals surface area contributed by atoms with Crippen LogP contribution in [-0.4, -0.2) is 59.5 Å². The zero-order valence-corrected chi connectivity index (χ0v) is 17.7. The van der Waals surface area contributed by atoms with E-state index in [1.165, 1.54) is 24.5 Å². The molecular formula is C22H28FN5O2. The molecule has 7 nitrogen and oxygen atoms in total. The van der Waals surface area contributed by atoms with Crippen LogP contribution in [-0.2, 0) is 0 Å². The van der Waals surface area contributed by atoms with Crippen molar-refractivity contribution in [2.45, 2.75) is 33.2 Å². The molecule has 4 rings (SSSR count). The first kappa shape index (κ1) is 20.5. The summed E-state index contributed by atoms with van der Waals surface area (Å²) in [5.74, 6) is 0.719. The van der Waals surface area contributed by atoms with Gasteiger partial charge in [-0.25, -0.2) is 14.4 Å². The van der Waals surface area contributed by atoms with Crippen molar-refractivity contribution >= 4 is 11.7 Å². The van der Waals surface area contributed by atoms with Crippen molar-refractivity contribution in [2.75, 3.05) is 37.6 Å². The Balaban J connectivity index is 1.60. The highest BCUT2D eigenvalue weighted by Gasteiger charge is 2.46. The molecule has 1 aromatic carbocycles. The predicted octanol–water partition coefficient (Wildman–Crippen LogP) is 3.08. The zero-order valence-electron chi connectivity index (χ0n) is 17.7. The first-order valence-corrected chi connectivity index (χ1v) is 10.5. The summed E-state index contributed by atoms with van der Waals surface area (Å²) >= 11 is 0. The lowest BCUT2D eigenvalue weighted by Crippen LogP contribution is -2.57. The van der Waals surface area contributed by atoms with Gasteiger partial charge in [0.25, 0.3) is 5.91 Å². The Morgan fingerprint density at radius 3 is 2.83 bits per heavy atom. The molecule has 8 heteroatoms. The molecule has 0 radical (unpaired) electrons. The molecule has 30 heavy (non-hydrogen) atoms. The molecular weight excluding hydrogens is 385 g/mol. The Kier molecular flexibility index (Phi) is 5.60. The van der Waals surface area contributed by atoms with Crippen LogP contribution in [0.5, 0.6) is 11.5 Å². The minimum atomic E-state index is -0.478. The summed E-state index contributed by atoms with van der Waals surface area (Å²) in [4.78, 5) is 25.4. The summed E-state index contributed by atoms with van der Waals surface area (Å²) in [6.45, 7) is 10.2. The van der Waals surface area contributed by atoms with E-state index >= 15 is 0 Å². The first-order valence-electron chi connectivity index (χ1n) is 10.5. The number of benzene rings is 1. The van der Waals surface area contributed by atoms with Gasteiger partial charge in [-0.05, 0) is 51.9 Å². The Labute approximate surface area is 176 Å². The smallest absolute Gasteiger partial charge is 0.257 e. The minimum Gasteiger partial charge on any atom is -0.451 e. The number of nitrogens with zero attached hydrogens (tertiary/aromatic N) is 4. The average Bonchev–Trinajstić information content (AvgIpc) is 3.19. The number of amides is 1. The lowest BCUT2D eigenvalue weighted by Gasteiger charge is -2.48. The fraction of sp³-hybridized carbons (Fsp3) is 0.500. The van der Waals surface area contributed by atoms with E-state index in [-0.39, 0.29) is 17.5 Å². The van der Waals surface area contributed by atoms with Gasteiger partial charge >= 0.3 is 0 Å². The van der Waals surface area contributed by atoms with Gasteiger partial charge in [0.1, 0.15) is 17.9 Å². The van der Waals surface area contributed by atoms with E-state index in [1.807, 2.05) is 20.8 Å². The van der Waals surface area contributed by atoms with E-state index in [1.54, 1.807) is 11.1 Å². The number of ether oxygens (including phenoxy) is 1. The van der Waals surface area contributed by atoms with E-state index in [4.69, 9.17) is 4.74 Å². The third-order valence-electron chi connectivity index (χ3n) is 5.96. The van der Waals surface area contributed by atoms with Crippen LogP contribution in [0.4, 0.5) is 10.2 Å². The van der Waals surface area contributed by atoms with Gasteiger partial charge in [0.15, 0.2) is 11.6 Å². The van der Waals surface area contributed by atoms with Gasteiger partial charge in [-0.2, -0.15) is 0 Å². The highest BCUT2D eigenvalue weighted by Crippen LogP contribution is 2.42. The predicted molar refractivity (Wildman–Crippen MR) is 112 cm³/mol. The van der Waals surface area contributed by atoms with Gasteiger partial charge in [-0.3, -0.25) is 4.79 Å². The summed E-state index contributed by atoms with van der Waals surface area (Å²) in [6, 6.07) is 4.01. The molecule has 2 fully saturated rings. The molecule has 2 aliphatic rings. The lowest BCUT2D eigenvalue weighted by molar-refractivity contribution is 0.0713. The van der Waals surface area contributed by atoms with Crippen LogP contribution in [0.25, 0.3) is 0 Å². The first-order chi connectivity index (χ1) is 14.4. The fourth-order valence-corrected chi connectivity index (χ4v) is 4.37. The summed E-state index contributed by atoms with van der Waals surface area (Å²) in [5.41, 5.74) is 0.499. The van der Waals surface area contributed by atoms with Crippen molar-refractivity contribution in [3.8, 4) is 11.5 Å². The Morgan fingerprint density at radius 2 is 2.17 bits per heavy atom. The monoisotopic (exact) mass is 413 g/mol. The number of nitrogens with one attached hydrogen (secondary N) is 1. The van der Waals surface area contributed by atoms with Gasteiger partial charge in [-0.15, -0.1) is 0 Å². The Bertz CT molecular complexity index is 921. The minimum absolute atomic E-state index is 0.00784. The third kappa shape index (κ3) is 3.84. The van der Waals surface area contributed by atoms with Crippen LogP contribution >= 0.6 is 0 Å². The molecule has 2 aromatic rings. The van der Waals surface area contributed by atoms with Crippen LogP contribution in [0.2, 0.25) is 0 Å². The molecule has 0 aliphatic carbocycles. The maximum atomic E-state index is 14.0. The van der Waals surface area contributed by atoms with E-state index in [0.717, 1.165) is 32.6 Å². The molecule has 1 aromatic heterocycles. The molecule has 0 unspecified atom stereocenters. The lowest BCUT2D eigenvalue weighted by atomic mass is 9.79. The van der Waals surface area contributed by atoms with Crippen LogP contribution in [0.3, 0.4) is 0 Å². The molecule has 2 saturated heterocycles. The molecule has 1 N–H and O–H groups in total. The fourth-order valence-electron chi connectivity index (χ4n) is 4.37. The van der Waals surface area contributed by atoms with E-state index in [9.17, 15) is 9.18 Å². The van der Waals surface area contributed by atoms with Gasteiger partial charge in [0, 0.05) is 37.6 Å². The third-order valence-corrected chi connectivity index (χ3v) is 5.96. The average molecular weight is 413 g/mol. The zero-order chi connectivity index (χ0) is 21.3. The highest BCUT2D eigenvalue weighted by molar-refractivity contribution is 5.97. The van der Waals surface area contributed by atoms with Gasteiger partial charge in [0.05, 0.1) is 11.8 Å². The number of anilines is 1. The molecule has 0 bridgehead atoms. The van der Waals surface area contributed by atoms with E-state index < -0.39 is 5.82 Å². The number of carbonyl (C=O) groups is 1. The van der Waals surface area contributed by atoms with Gasteiger partial charge < -0.3 is 19.9 Å². The normalized spacial score (nSPS) is 17.3. The summed E-state index contributed by atoms with van der Waals surface area (Å²) in [7, 11) is 0. The van der Waals surface area contributed by atoms with Crippen molar-refractivity contribution in [1.82, 2.24) is 20.2 Å². The van der Waals surface area contributed by atoms with Crippen molar-refractivity contribution in [2.24, 2.45) is 5.41 Å². The maximum Gasteiger partial charge on any atom is 0.257 e. The Morgan fingerprint density at radius 1 is 1.37 bits per heavy atom. The Hall–Kier alpha value is -2.74. The second-order valence-corrected chi connectivity index (χ2v) is 8.42. The molecule has 0 saturated carbocycles. The maximum absolute atomic E-state index is 14.0. The number of aromatic nitrogens is 2.